The van der Waals surface area contributed by atoms with Crippen molar-refractivity contribution in [2.24, 2.45) is 5.41 Å². The van der Waals surface area contributed by atoms with Crippen LogP contribution in [-0.2, 0) is 35.4 Å². The van der Waals surface area contributed by atoms with Crippen LogP contribution >= 0.6 is 15.9 Å². The van der Waals surface area contributed by atoms with Crippen molar-refractivity contribution in [1.82, 2.24) is 34.6 Å². The van der Waals surface area contributed by atoms with Crippen molar-refractivity contribution < 1.29 is 19.1 Å². The number of pyridine rings is 2. The number of benzene rings is 1. The summed E-state index contributed by atoms with van der Waals surface area (Å²) >= 11 is 3.44. The Morgan fingerprint density at radius 2 is 1.80 bits per heavy atom. The molecule has 2 fully saturated rings. The van der Waals surface area contributed by atoms with Crippen molar-refractivity contribution in [3.05, 3.63) is 93.5 Å². The van der Waals surface area contributed by atoms with E-state index in [-0.39, 0.29) is 41.9 Å². The summed E-state index contributed by atoms with van der Waals surface area (Å²) in [4.78, 5) is 61.8. The molecule has 51 heavy (non-hydrogen) atoms. The Bertz CT molecular complexity index is 2220. The first-order chi connectivity index (χ1) is 24.6. The first-order valence-electron chi connectivity index (χ1n) is 17.5. The minimum atomic E-state index is -0.639. The Labute approximate surface area is 304 Å². The summed E-state index contributed by atoms with van der Waals surface area (Å²) in [5, 5.41) is 5.48. The lowest BCUT2D eigenvalue weighted by Gasteiger charge is -2.27. The molecule has 11 nitrogen and oxygen atoms in total. The molecule has 3 aliphatic rings. The molecular weight excluding hydrogens is 710 g/mol. The molecule has 5 aromatic rings. The van der Waals surface area contributed by atoms with Gasteiger partial charge in [-0.2, -0.15) is 5.10 Å². The number of amides is 1. The maximum Gasteiger partial charge on any atom is 0.245 e. The predicted octanol–water partition coefficient (Wildman–Crippen LogP) is 5.99. The maximum absolute atomic E-state index is 14.6. The number of aryl methyl sites for hydroxylation is 4. The van der Waals surface area contributed by atoms with Crippen LogP contribution in [0.1, 0.15) is 71.4 Å². The first-order valence-corrected chi connectivity index (χ1v) is 18.3. The highest BCUT2D eigenvalue weighted by Crippen LogP contribution is 2.60. The number of carbonyl (C=O) groups is 3. The van der Waals surface area contributed by atoms with E-state index in [1.165, 1.54) is 6.92 Å². The molecule has 0 unspecified atom stereocenters. The molecule has 3 atom stereocenters. The van der Waals surface area contributed by atoms with Crippen LogP contribution in [0, 0.1) is 19.3 Å². The van der Waals surface area contributed by atoms with Crippen molar-refractivity contribution in [3.63, 3.8) is 0 Å². The third kappa shape index (κ3) is 6.34. The molecule has 4 bridgehead atoms. The number of hydrogen-bond acceptors (Lipinski definition) is 9. The molecular formula is C39H38BrN7O4. The second-order valence-corrected chi connectivity index (χ2v) is 15.0. The molecule has 0 radical (unpaired) electrons. The zero-order valence-corrected chi connectivity index (χ0v) is 30.4. The van der Waals surface area contributed by atoms with E-state index >= 15 is 0 Å². The number of ketones is 2. The molecule has 2 aliphatic heterocycles. The molecule has 8 rings (SSSR count). The van der Waals surface area contributed by atoms with Gasteiger partial charge in [-0.1, -0.05) is 12.1 Å². The van der Waals surface area contributed by atoms with Crippen LogP contribution in [0.2, 0.25) is 0 Å². The minimum Gasteiger partial charge on any atom is -0.477 e. The van der Waals surface area contributed by atoms with Gasteiger partial charge in [0.05, 0.1) is 30.3 Å². The van der Waals surface area contributed by atoms with E-state index in [0.29, 0.717) is 52.5 Å². The number of rotatable bonds is 5. The molecule has 0 spiro atoms. The molecule has 1 saturated heterocycles. The van der Waals surface area contributed by atoms with E-state index in [1.807, 2.05) is 50.2 Å². The van der Waals surface area contributed by atoms with Crippen molar-refractivity contribution >= 4 is 44.3 Å². The molecule has 0 N–H and O–H groups in total. The van der Waals surface area contributed by atoms with Crippen molar-refractivity contribution in [2.45, 2.75) is 84.3 Å². The molecule has 260 valence electrons. The van der Waals surface area contributed by atoms with Crippen molar-refractivity contribution in [3.8, 4) is 17.0 Å². The third-order valence-corrected chi connectivity index (χ3v) is 11.1. The number of nitrogens with zero attached hydrogens (tertiary/aromatic N) is 7. The Hall–Kier alpha value is -4.84. The number of carbonyl (C=O) groups excluding carboxylic acids is 3. The number of aromatic nitrogens is 6. The molecule has 1 aliphatic carbocycles. The van der Waals surface area contributed by atoms with E-state index < -0.39 is 6.04 Å². The van der Waals surface area contributed by atoms with E-state index in [1.54, 1.807) is 22.0 Å². The first kappa shape index (κ1) is 33.3. The standard InChI is InChI=1S/C39H38BrN7O4/c1-22-11-12-34(40)44-30(22)15-32(49)31-16-39-17-33(39)47(31)36(50)20-46-38-25(7-4-5-8-28-9-6-10-35(43-28)51-21-39)13-26(27-18-41-24(3)42-19-27)14-29(38)37(45-46)23(2)48/h6,9-14,18-19,31,33H,4-5,7-8,15-17,20-21H2,1-3H3/t31-,33+,39-/m0/s1. The Morgan fingerprint density at radius 3 is 2.61 bits per heavy atom. The topological polar surface area (TPSA) is 133 Å². The molecule has 6 heterocycles. The lowest BCUT2D eigenvalue weighted by atomic mass is 9.95. The van der Waals surface area contributed by atoms with Gasteiger partial charge in [0.25, 0.3) is 0 Å². The number of piperidine rings is 1. The van der Waals surface area contributed by atoms with Gasteiger partial charge >= 0.3 is 0 Å². The van der Waals surface area contributed by atoms with Gasteiger partial charge < -0.3 is 9.64 Å². The zero-order valence-electron chi connectivity index (χ0n) is 28.9. The van der Waals surface area contributed by atoms with E-state index in [4.69, 9.17) is 14.8 Å². The van der Waals surface area contributed by atoms with Crippen LogP contribution in [0.5, 0.6) is 5.88 Å². The average Bonchev–Trinajstić information content (AvgIpc) is 3.52. The van der Waals surface area contributed by atoms with Gasteiger partial charge in [-0.3, -0.25) is 19.1 Å². The van der Waals surface area contributed by atoms with Crippen molar-refractivity contribution in [1.29, 1.82) is 0 Å². The monoisotopic (exact) mass is 747 g/mol. The second-order valence-electron chi connectivity index (χ2n) is 14.2. The number of Topliss-reactive ketones (excluding diaryl/α,β-unsaturated/α-hetero) is 2. The van der Waals surface area contributed by atoms with Gasteiger partial charge in [-0.15, -0.1) is 0 Å². The van der Waals surface area contributed by atoms with Gasteiger partial charge in [0.15, 0.2) is 11.6 Å². The molecule has 1 saturated carbocycles. The van der Waals surface area contributed by atoms with Crippen LogP contribution in [0.25, 0.3) is 22.0 Å². The van der Waals surface area contributed by atoms with Crippen LogP contribution < -0.4 is 4.74 Å². The summed E-state index contributed by atoms with van der Waals surface area (Å²) in [5.74, 6) is 0.780. The van der Waals surface area contributed by atoms with E-state index in [9.17, 15) is 14.4 Å². The van der Waals surface area contributed by atoms with Crippen molar-refractivity contribution in [2.75, 3.05) is 6.61 Å². The summed E-state index contributed by atoms with van der Waals surface area (Å²) in [6.45, 7) is 5.54. The SMILES string of the molecule is CC(=O)c1nn2c3c(cc(-c4cnc(C)nc4)cc13)CCCCc1cccc(n1)OC[C@@]13C[C@@H](C(=O)Cc4nc(Br)ccc4C)N(C(=O)C2)[C@@H]1C3. The largest absolute Gasteiger partial charge is 0.477 e. The Balaban J connectivity index is 1.22. The second kappa shape index (κ2) is 13.0. The van der Waals surface area contributed by atoms with E-state index in [2.05, 4.69) is 36.9 Å². The molecule has 1 aromatic carbocycles. The van der Waals surface area contributed by atoms with Gasteiger partial charge in [0.1, 0.15) is 22.7 Å². The molecule has 4 aromatic heterocycles. The lowest BCUT2D eigenvalue weighted by Crippen LogP contribution is -2.45. The highest BCUT2D eigenvalue weighted by molar-refractivity contribution is 9.10. The summed E-state index contributed by atoms with van der Waals surface area (Å²) in [7, 11) is 0. The third-order valence-electron chi connectivity index (χ3n) is 10.7. The Morgan fingerprint density at radius 1 is 1.00 bits per heavy atom. The van der Waals surface area contributed by atoms with E-state index in [0.717, 1.165) is 59.1 Å². The summed E-state index contributed by atoms with van der Waals surface area (Å²) in [6, 6.07) is 12.9. The fraction of sp³-hybridized carbons (Fsp3) is 0.385. The minimum absolute atomic E-state index is 0.0569. The number of fused-ring (bicyclic) bond motifs is 2. The fourth-order valence-electron chi connectivity index (χ4n) is 7.88. The maximum atomic E-state index is 14.6. The van der Waals surface area contributed by atoms with Crippen LogP contribution in [0.3, 0.4) is 0 Å². The highest BCUT2D eigenvalue weighted by atomic mass is 79.9. The molecule has 12 heteroatoms. The van der Waals surface area contributed by atoms with Crippen LogP contribution in [-0.4, -0.2) is 70.8 Å². The summed E-state index contributed by atoms with van der Waals surface area (Å²) < 4.78 is 8.65. The van der Waals surface area contributed by atoms with Crippen LogP contribution in [0.4, 0.5) is 0 Å². The quantitative estimate of drug-likeness (QED) is 0.157. The Kier molecular flexibility index (Phi) is 8.52. The summed E-state index contributed by atoms with van der Waals surface area (Å²) in [6.07, 6.45) is 8.14. The number of hydrogen-bond donors (Lipinski definition) is 0. The number of ether oxygens (including phenoxy) is 1. The normalized spacial score (nSPS) is 21.6. The average molecular weight is 749 g/mol. The van der Waals surface area contributed by atoms with Gasteiger partial charge in [0, 0.05) is 53.5 Å². The number of halogens is 1. The lowest BCUT2D eigenvalue weighted by molar-refractivity contribution is -0.139. The molecule has 1 amide bonds. The smallest absolute Gasteiger partial charge is 0.245 e. The summed E-state index contributed by atoms with van der Waals surface area (Å²) in [5.41, 5.74) is 5.97. The zero-order chi connectivity index (χ0) is 35.4. The van der Waals surface area contributed by atoms with Gasteiger partial charge in [-0.25, -0.2) is 19.9 Å². The van der Waals surface area contributed by atoms with Gasteiger partial charge in [0.2, 0.25) is 11.8 Å². The van der Waals surface area contributed by atoms with Crippen LogP contribution in [0.15, 0.2) is 59.5 Å². The van der Waals surface area contributed by atoms with Gasteiger partial charge in [-0.05, 0) is 109 Å². The predicted molar refractivity (Wildman–Crippen MR) is 193 cm³/mol. The highest BCUT2D eigenvalue weighted by Gasteiger charge is 2.67. The fourth-order valence-corrected chi connectivity index (χ4v) is 8.23.